The van der Waals surface area contributed by atoms with Gasteiger partial charge in [-0.05, 0) is 53.5 Å². The number of benzene rings is 2. The van der Waals surface area contributed by atoms with Gasteiger partial charge in [-0.15, -0.1) is 0 Å². The van der Waals surface area contributed by atoms with Gasteiger partial charge in [0.2, 0.25) is 0 Å². The van der Waals surface area contributed by atoms with E-state index >= 15 is 0 Å². The highest BCUT2D eigenvalue weighted by molar-refractivity contribution is 5.90. The molecule has 0 saturated heterocycles. The predicted molar refractivity (Wildman–Crippen MR) is 91.6 cm³/mol. The van der Waals surface area contributed by atoms with Crippen molar-refractivity contribution < 1.29 is 35.9 Å². The van der Waals surface area contributed by atoms with E-state index in [1.807, 2.05) is 6.92 Å². The number of hydrogen-bond donors (Lipinski definition) is 0. The average Bonchev–Trinajstić information content (AvgIpc) is 2.63. The molecule has 0 aliphatic carbocycles. The monoisotopic (exact) mass is 402 g/mol. The molecule has 0 N–H and O–H groups in total. The average molecular weight is 402 g/mol. The molecule has 0 aliphatic heterocycles. The van der Waals surface area contributed by atoms with Gasteiger partial charge in [-0.2, -0.15) is 26.3 Å². The lowest BCUT2D eigenvalue weighted by Crippen LogP contribution is -2.11. The summed E-state index contributed by atoms with van der Waals surface area (Å²) < 4.78 is 82.9. The van der Waals surface area contributed by atoms with Crippen LogP contribution in [0.25, 0.3) is 5.57 Å². The van der Waals surface area contributed by atoms with E-state index in [-0.39, 0.29) is 34.9 Å². The maximum absolute atomic E-state index is 13.0. The number of halogens is 6. The minimum atomic E-state index is -4.94. The van der Waals surface area contributed by atoms with Crippen LogP contribution in [-0.2, 0) is 17.1 Å². The summed E-state index contributed by atoms with van der Waals surface area (Å²) in [6, 6.07) is 6.80. The van der Waals surface area contributed by atoms with Crippen LogP contribution in [-0.4, -0.2) is 12.6 Å². The second-order valence-corrected chi connectivity index (χ2v) is 5.99. The molecular weight excluding hydrogens is 386 g/mol. The minimum absolute atomic E-state index is 0.0370. The molecule has 0 amide bonds. The molecule has 0 radical (unpaired) electrons. The normalized spacial score (nSPS) is 12.0. The molecule has 2 aromatic carbocycles. The smallest absolute Gasteiger partial charge is 0.416 e. The quantitative estimate of drug-likeness (QED) is 0.430. The Morgan fingerprint density at radius 2 is 1.32 bits per heavy atom. The number of hydrogen-bond acceptors (Lipinski definition) is 2. The number of carbonyl (C=O) groups excluding carboxylic acids is 1. The van der Waals surface area contributed by atoms with Crippen molar-refractivity contribution in [2.75, 3.05) is 6.61 Å². The van der Waals surface area contributed by atoms with Gasteiger partial charge < -0.3 is 4.74 Å². The molecule has 0 atom stereocenters. The van der Waals surface area contributed by atoms with Crippen molar-refractivity contribution >= 4 is 11.5 Å². The van der Waals surface area contributed by atoms with E-state index in [4.69, 9.17) is 4.74 Å². The first-order valence-corrected chi connectivity index (χ1v) is 8.19. The van der Waals surface area contributed by atoms with Crippen LogP contribution in [0, 0.1) is 0 Å². The summed E-state index contributed by atoms with van der Waals surface area (Å²) in [4.78, 5) is 11.8. The van der Waals surface area contributed by atoms with E-state index in [1.165, 1.54) is 24.3 Å². The summed E-state index contributed by atoms with van der Waals surface area (Å²) in [7, 11) is 0. The van der Waals surface area contributed by atoms with Gasteiger partial charge in [0.05, 0.1) is 23.3 Å². The molecule has 0 aromatic heterocycles. The minimum Gasteiger partial charge on any atom is -0.462 e. The molecule has 8 heteroatoms. The second-order valence-electron chi connectivity index (χ2n) is 5.99. The fourth-order valence-electron chi connectivity index (χ4n) is 2.38. The van der Waals surface area contributed by atoms with Gasteiger partial charge >= 0.3 is 18.3 Å². The van der Waals surface area contributed by atoms with Crippen LogP contribution in [0.1, 0.15) is 46.0 Å². The van der Waals surface area contributed by atoms with Gasteiger partial charge in [-0.25, -0.2) is 4.79 Å². The van der Waals surface area contributed by atoms with Crippen molar-refractivity contribution in [3.63, 3.8) is 0 Å². The molecule has 0 bridgehead atoms. The highest BCUT2D eigenvalue weighted by atomic mass is 19.4. The molecule has 0 unspecified atom stereocenters. The highest BCUT2D eigenvalue weighted by Gasteiger charge is 2.37. The Labute approximate surface area is 157 Å². The number of alkyl halides is 6. The molecule has 28 heavy (non-hydrogen) atoms. The van der Waals surface area contributed by atoms with Crippen molar-refractivity contribution in [1.82, 2.24) is 0 Å². The topological polar surface area (TPSA) is 26.3 Å². The second kappa shape index (κ2) is 8.08. The lowest BCUT2D eigenvalue weighted by atomic mass is 9.95. The van der Waals surface area contributed by atoms with Gasteiger partial charge in [0, 0.05) is 0 Å². The van der Waals surface area contributed by atoms with E-state index in [2.05, 4.69) is 6.58 Å². The van der Waals surface area contributed by atoms with E-state index in [1.54, 1.807) is 0 Å². The third kappa shape index (κ3) is 5.15. The molecule has 0 saturated carbocycles. The fourth-order valence-corrected chi connectivity index (χ4v) is 2.38. The molecular formula is C20H16F6O2. The molecule has 2 rings (SSSR count). The van der Waals surface area contributed by atoms with Crippen molar-refractivity contribution in [3.8, 4) is 0 Å². The standard InChI is InChI=1S/C20H16F6O2/c1-3-8-28-18(27)14-6-4-13(5-7-14)12(2)15-9-16(19(21,22)23)11-17(10-15)20(24,25)26/h4-7,9-11H,2-3,8H2,1H3. The number of carbonyl (C=O) groups is 1. The van der Waals surface area contributed by atoms with Crippen LogP contribution in [0.3, 0.4) is 0 Å². The van der Waals surface area contributed by atoms with Crippen LogP contribution in [0.5, 0.6) is 0 Å². The van der Waals surface area contributed by atoms with Gasteiger partial charge in [-0.3, -0.25) is 0 Å². The Hall–Kier alpha value is -2.77. The van der Waals surface area contributed by atoms with Gasteiger partial charge in [0.15, 0.2) is 0 Å². The van der Waals surface area contributed by atoms with Crippen LogP contribution in [0.4, 0.5) is 26.3 Å². The first kappa shape index (κ1) is 21.5. The SMILES string of the molecule is C=C(c1ccc(C(=O)OCCC)cc1)c1cc(C(F)(F)F)cc(C(F)(F)F)c1. The van der Waals surface area contributed by atoms with Crippen molar-refractivity contribution in [3.05, 3.63) is 76.9 Å². The van der Waals surface area contributed by atoms with E-state index < -0.39 is 29.4 Å². The Morgan fingerprint density at radius 1 is 0.857 bits per heavy atom. The van der Waals surface area contributed by atoms with Crippen LogP contribution in [0.2, 0.25) is 0 Å². The molecule has 0 fully saturated rings. The van der Waals surface area contributed by atoms with Crippen molar-refractivity contribution in [2.24, 2.45) is 0 Å². The number of rotatable bonds is 5. The summed E-state index contributed by atoms with van der Waals surface area (Å²) in [6.45, 7) is 5.67. The van der Waals surface area contributed by atoms with Gasteiger partial charge in [0.1, 0.15) is 0 Å². The zero-order chi connectivity index (χ0) is 21.1. The maximum Gasteiger partial charge on any atom is 0.416 e. The van der Waals surface area contributed by atoms with Crippen LogP contribution in [0.15, 0.2) is 49.0 Å². The Kier molecular flexibility index (Phi) is 6.21. The molecule has 0 aliphatic rings. The van der Waals surface area contributed by atoms with Crippen LogP contribution < -0.4 is 0 Å². The Bertz CT molecular complexity index is 831. The lowest BCUT2D eigenvalue weighted by Gasteiger charge is -2.15. The number of ether oxygens (including phenoxy) is 1. The summed E-state index contributed by atoms with van der Waals surface area (Å²) in [5.74, 6) is -0.572. The summed E-state index contributed by atoms with van der Waals surface area (Å²) in [5.41, 5.74) is -2.70. The highest BCUT2D eigenvalue weighted by Crippen LogP contribution is 2.38. The van der Waals surface area contributed by atoms with E-state index in [0.29, 0.717) is 18.6 Å². The van der Waals surface area contributed by atoms with Gasteiger partial charge in [0.25, 0.3) is 0 Å². The fraction of sp³-hybridized carbons (Fsp3) is 0.250. The van der Waals surface area contributed by atoms with E-state index in [0.717, 1.165) is 0 Å². The Balaban J connectivity index is 2.39. The maximum atomic E-state index is 13.0. The summed E-state index contributed by atoms with van der Waals surface area (Å²) >= 11 is 0. The summed E-state index contributed by atoms with van der Waals surface area (Å²) in [6.07, 6.45) is -9.25. The van der Waals surface area contributed by atoms with Crippen LogP contribution >= 0.6 is 0 Å². The molecule has 150 valence electrons. The van der Waals surface area contributed by atoms with Gasteiger partial charge in [-0.1, -0.05) is 25.6 Å². The van der Waals surface area contributed by atoms with E-state index in [9.17, 15) is 31.1 Å². The molecule has 2 nitrogen and oxygen atoms in total. The largest absolute Gasteiger partial charge is 0.462 e. The molecule has 0 heterocycles. The number of esters is 1. The zero-order valence-electron chi connectivity index (χ0n) is 14.7. The summed E-state index contributed by atoms with van der Waals surface area (Å²) in [5, 5.41) is 0. The third-order valence-corrected chi connectivity index (χ3v) is 3.84. The lowest BCUT2D eigenvalue weighted by molar-refractivity contribution is -0.143. The zero-order valence-corrected chi connectivity index (χ0v) is 14.7. The predicted octanol–water partition coefficient (Wildman–Crippen LogP) is 6.35. The first-order valence-electron chi connectivity index (χ1n) is 8.19. The molecule has 0 spiro atoms. The Morgan fingerprint density at radius 3 is 1.75 bits per heavy atom. The van der Waals surface area contributed by atoms with Crippen molar-refractivity contribution in [1.29, 1.82) is 0 Å². The third-order valence-electron chi connectivity index (χ3n) is 3.84. The first-order chi connectivity index (χ1) is 12.9. The van der Waals surface area contributed by atoms with Crippen molar-refractivity contribution in [2.45, 2.75) is 25.7 Å². The molecule has 2 aromatic rings.